The van der Waals surface area contributed by atoms with Crippen LogP contribution in [-0.4, -0.2) is 53.0 Å². The summed E-state index contributed by atoms with van der Waals surface area (Å²) in [6, 6.07) is 12.0. The highest BCUT2D eigenvalue weighted by Gasteiger charge is 2.25. The van der Waals surface area contributed by atoms with Gasteiger partial charge in [0.25, 0.3) is 5.91 Å². The van der Waals surface area contributed by atoms with Crippen LogP contribution in [0.4, 0.5) is 5.13 Å². The normalized spacial score (nSPS) is 19.7. The van der Waals surface area contributed by atoms with Gasteiger partial charge in [-0.1, -0.05) is 30.3 Å². The van der Waals surface area contributed by atoms with E-state index in [4.69, 9.17) is 9.15 Å². The van der Waals surface area contributed by atoms with Crippen molar-refractivity contribution in [2.75, 3.05) is 18.4 Å². The summed E-state index contributed by atoms with van der Waals surface area (Å²) in [4.78, 5) is 32.5. The quantitative estimate of drug-likeness (QED) is 0.527. The molecule has 4 rings (SSSR count). The topological polar surface area (TPSA) is 96.7 Å². The molecule has 3 aromatic rings. The molecule has 8 nitrogen and oxygen atoms in total. The summed E-state index contributed by atoms with van der Waals surface area (Å²) in [7, 11) is 0. The molecule has 1 aliphatic rings. The maximum absolute atomic E-state index is 13.1. The summed E-state index contributed by atoms with van der Waals surface area (Å²) in [5.74, 6) is -0.605. The number of rotatable bonds is 8. The molecule has 2 amide bonds. The SMILES string of the molecule is C[C@@H]1CN(Cc2csc(NC(=O)[C@@H](Cc3ccccc3)NC(=O)c3ccco3)n2)C[C@H](C)O1. The summed E-state index contributed by atoms with van der Waals surface area (Å²) < 4.78 is 11.0. The Hall–Kier alpha value is -3.01. The van der Waals surface area contributed by atoms with E-state index in [-0.39, 0.29) is 23.9 Å². The summed E-state index contributed by atoms with van der Waals surface area (Å²) >= 11 is 1.38. The van der Waals surface area contributed by atoms with Crippen molar-refractivity contribution in [1.82, 2.24) is 15.2 Å². The lowest BCUT2D eigenvalue weighted by molar-refractivity contribution is -0.118. The molecule has 1 aromatic carbocycles. The maximum Gasteiger partial charge on any atom is 0.287 e. The van der Waals surface area contributed by atoms with Crippen molar-refractivity contribution in [2.24, 2.45) is 0 Å². The lowest BCUT2D eigenvalue weighted by atomic mass is 10.1. The summed E-state index contributed by atoms with van der Waals surface area (Å²) in [6.45, 7) is 6.54. The molecule has 33 heavy (non-hydrogen) atoms. The van der Waals surface area contributed by atoms with Gasteiger partial charge in [0.1, 0.15) is 6.04 Å². The van der Waals surface area contributed by atoms with E-state index in [0.29, 0.717) is 18.1 Å². The van der Waals surface area contributed by atoms with Crippen LogP contribution < -0.4 is 10.6 Å². The first-order valence-corrected chi connectivity index (χ1v) is 11.9. The second kappa shape index (κ2) is 10.7. The number of amides is 2. The number of hydrogen-bond donors (Lipinski definition) is 2. The summed E-state index contributed by atoms with van der Waals surface area (Å²) in [5, 5.41) is 8.11. The molecule has 1 fully saturated rings. The van der Waals surface area contributed by atoms with Crippen LogP contribution in [0.3, 0.4) is 0 Å². The molecular formula is C24H28N4O4S. The molecule has 9 heteroatoms. The molecule has 0 radical (unpaired) electrons. The first-order valence-electron chi connectivity index (χ1n) is 11.0. The first kappa shape index (κ1) is 23.2. The number of ether oxygens (including phenoxy) is 1. The molecule has 174 valence electrons. The van der Waals surface area contributed by atoms with E-state index >= 15 is 0 Å². The number of nitrogens with one attached hydrogen (secondary N) is 2. The molecule has 1 aliphatic heterocycles. The average molecular weight is 469 g/mol. The van der Waals surface area contributed by atoms with Gasteiger partial charge in [0.05, 0.1) is 24.2 Å². The van der Waals surface area contributed by atoms with Gasteiger partial charge >= 0.3 is 0 Å². The number of benzene rings is 1. The van der Waals surface area contributed by atoms with Gasteiger partial charge in [-0.3, -0.25) is 14.5 Å². The lowest BCUT2D eigenvalue weighted by Crippen LogP contribution is -2.45. The van der Waals surface area contributed by atoms with Crippen molar-refractivity contribution in [3.8, 4) is 0 Å². The molecule has 2 N–H and O–H groups in total. The minimum Gasteiger partial charge on any atom is -0.459 e. The van der Waals surface area contributed by atoms with Crippen molar-refractivity contribution in [1.29, 1.82) is 0 Å². The Morgan fingerprint density at radius 3 is 2.61 bits per heavy atom. The number of carbonyl (C=O) groups excluding carboxylic acids is 2. The van der Waals surface area contributed by atoms with Crippen LogP contribution in [0.2, 0.25) is 0 Å². The Kier molecular flexibility index (Phi) is 7.54. The molecular weight excluding hydrogens is 440 g/mol. The fourth-order valence-electron chi connectivity index (χ4n) is 3.97. The van der Waals surface area contributed by atoms with E-state index in [1.54, 1.807) is 12.1 Å². The van der Waals surface area contributed by atoms with Crippen molar-refractivity contribution >= 4 is 28.3 Å². The van der Waals surface area contributed by atoms with E-state index in [0.717, 1.165) is 24.3 Å². The number of carbonyl (C=O) groups is 2. The molecule has 0 unspecified atom stereocenters. The number of hydrogen-bond acceptors (Lipinski definition) is 7. The van der Waals surface area contributed by atoms with Crippen LogP contribution in [0.15, 0.2) is 58.5 Å². The molecule has 3 heterocycles. The van der Waals surface area contributed by atoms with Crippen LogP contribution in [0.25, 0.3) is 0 Å². The van der Waals surface area contributed by atoms with Crippen LogP contribution >= 0.6 is 11.3 Å². The van der Waals surface area contributed by atoms with Crippen LogP contribution in [0, 0.1) is 0 Å². The minimum atomic E-state index is -0.779. The Bertz CT molecular complexity index is 1040. The number of anilines is 1. The van der Waals surface area contributed by atoms with Crippen LogP contribution in [0.5, 0.6) is 0 Å². The third-order valence-corrected chi connectivity index (χ3v) is 6.12. The van der Waals surface area contributed by atoms with Crippen molar-refractivity contribution in [3.05, 3.63) is 71.1 Å². The fourth-order valence-corrected chi connectivity index (χ4v) is 4.67. The molecule has 2 aromatic heterocycles. The first-order chi connectivity index (χ1) is 16.0. The lowest BCUT2D eigenvalue weighted by Gasteiger charge is -2.34. The second-order valence-electron chi connectivity index (χ2n) is 8.28. The smallest absolute Gasteiger partial charge is 0.287 e. The summed E-state index contributed by atoms with van der Waals surface area (Å²) in [5.41, 5.74) is 1.84. The van der Waals surface area contributed by atoms with Crippen molar-refractivity contribution < 1.29 is 18.7 Å². The number of morpholine rings is 1. The van der Waals surface area contributed by atoms with E-state index in [1.807, 2.05) is 35.7 Å². The van der Waals surface area contributed by atoms with Crippen molar-refractivity contribution in [3.63, 3.8) is 0 Å². The third-order valence-electron chi connectivity index (χ3n) is 5.31. The van der Waals surface area contributed by atoms with E-state index < -0.39 is 11.9 Å². The Morgan fingerprint density at radius 2 is 1.91 bits per heavy atom. The molecule has 0 spiro atoms. The van der Waals surface area contributed by atoms with Gasteiger partial charge in [0, 0.05) is 31.4 Å². The largest absolute Gasteiger partial charge is 0.459 e. The van der Waals surface area contributed by atoms with Crippen LogP contribution in [0.1, 0.15) is 35.7 Å². The predicted octanol–water partition coefficient (Wildman–Crippen LogP) is 3.33. The zero-order valence-corrected chi connectivity index (χ0v) is 19.5. The Balaban J connectivity index is 1.41. The third kappa shape index (κ3) is 6.50. The van der Waals surface area contributed by atoms with Gasteiger partial charge in [-0.15, -0.1) is 11.3 Å². The highest BCUT2D eigenvalue weighted by molar-refractivity contribution is 7.13. The average Bonchev–Trinajstić information content (AvgIpc) is 3.46. The van der Waals surface area contributed by atoms with Gasteiger partial charge in [-0.2, -0.15) is 0 Å². The van der Waals surface area contributed by atoms with Gasteiger partial charge in [0.2, 0.25) is 5.91 Å². The predicted molar refractivity (Wildman–Crippen MR) is 126 cm³/mol. The standard InChI is InChI=1S/C24H28N4O4S/c1-16-12-28(13-17(2)32-16)14-19-15-33-24(25-19)27-22(29)20(11-18-7-4-3-5-8-18)26-23(30)21-9-6-10-31-21/h3-10,15-17,20H,11-14H2,1-2H3,(H,26,30)(H,25,27,29)/t16-,17+,20-/m1/s1. The van der Waals surface area contributed by atoms with Gasteiger partial charge < -0.3 is 19.8 Å². The van der Waals surface area contributed by atoms with E-state index in [2.05, 4.69) is 34.4 Å². The Labute approximate surface area is 197 Å². The summed E-state index contributed by atoms with van der Waals surface area (Å²) in [6.07, 6.45) is 2.14. The number of thiazole rings is 1. The molecule has 0 saturated carbocycles. The number of nitrogens with zero attached hydrogens (tertiary/aromatic N) is 2. The molecule has 0 bridgehead atoms. The Morgan fingerprint density at radius 1 is 1.15 bits per heavy atom. The van der Waals surface area contributed by atoms with Gasteiger partial charge in [0.15, 0.2) is 10.9 Å². The minimum absolute atomic E-state index is 0.159. The fraction of sp³-hybridized carbons (Fsp3) is 0.375. The van der Waals surface area contributed by atoms with Crippen LogP contribution in [-0.2, 0) is 22.5 Å². The second-order valence-corrected chi connectivity index (χ2v) is 9.14. The highest BCUT2D eigenvalue weighted by atomic mass is 32.1. The number of furan rings is 1. The molecule has 1 saturated heterocycles. The monoisotopic (exact) mass is 468 g/mol. The van der Waals surface area contributed by atoms with E-state index in [1.165, 1.54) is 17.6 Å². The zero-order chi connectivity index (χ0) is 23.2. The van der Waals surface area contributed by atoms with Gasteiger partial charge in [-0.25, -0.2) is 4.98 Å². The highest BCUT2D eigenvalue weighted by Crippen LogP contribution is 2.20. The molecule has 0 aliphatic carbocycles. The zero-order valence-electron chi connectivity index (χ0n) is 18.7. The van der Waals surface area contributed by atoms with Crippen molar-refractivity contribution in [2.45, 2.75) is 45.1 Å². The van der Waals surface area contributed by atoms with Gasteiger partial charge in [-0.05, 0) is 31.5 Å². The molecule has 3 atom stereocenters. The number of aromatic nitrogens is 1. The van der Waals surface area contributed by atoms with E-state index in [9.17, 15) is 9.59 Å². The maximum atomic E-state index is 13.1.